The molecular formula is C8H12N2OS. The fourth-order valence-corrected chi connectivity index (χ4v) is 2.62. The molecule has 1 aromatic heterocycles. The lowest BCUT2D eigenvalue weighted by Gasteiger charge is -2.17. The molecule has 2 rings (SSSR count). The van der Waals surface area contributed by atoms with Gasteiger partial charge in [-0.25, -0.2) is 0 Å². The van der Waals surface area contributed by atoms with Gasteiger partial charge in [0, 0.05) is 6.92 Å². The summed E-state index contributed by atoms with van der Waals surface area (Å²) in [6.45, 7) is 1.84. The maximum atomic E-state index is 4.94. The van der Waals surface area contributed by atoms with Crippen LogP contribution in [0.2, 0.25) is 0 Å². The molecule has 0 N–H and O–H groups in total. The van der Waals surface area contributed by atoms with Crippen LogP contribution in [0.1, 0.15) is 36.2 Å². The first-order valence-corrected chi connectivity index (χ1v) is 5.33. The first kappa shape index (κ1) is 8.10. The Balaban J connectivity index is 2.08. The van der Waals surface area contributed by atoms with E-state index in [1.165, 1.54) is 25.0 Å². The minimum absolute atomic E-state index is 0.483. The van der Waals surface area contributed by atoms with E-state index in [9.17, 15) is 0 Å². The summed E-state index contributed by atoms with van der Waals surface area (Å²) in [5, 5.41) is 4.42. The zero-order valence-corrected chi connectivity index (χ0v) is 7.93. The lowest BCUT2D eigenvalue weighted by atomic mass is 10.2. The van der Waals surface area contributed by atoms with Crippen LogP contribution in [-0.2, 0) is 0 Å². The fourth-order valence-electron chi connectivity index (χ4n) is 1.39. The number of thioether (sulfide) groups is 1. The summed E-state index contributed by atoms with van der Waals surface area (Å²) in [5.41, 5.74) is 0. The molecule has 1 aromatic rings. The van der Waals surface area contributed by atoms with Gasteiger partial charge in [0.1, 0.15) is 0 Å². The van der Waals surface area contributed by atoms with E-state index >= 15 is 0 Å². The van der Waals surface area contributed by atoms with Crippen molar-refractivity contribution in [1.29, 1.82) is 0 Å². The molecule has 0 radical (unpaired) electrons. The standard InChI is InChI=1S/C8H12N2OS/c1-6-9-8(10-11-6)7-4-2-3-5-12-7/h7H,2-5H2,1H3. The summed E-state index contributed by atoms with van der Waals surface area (Å²) in [4.78, 5) is 4.24. The number of rotatable bonds is 1. The SMILES string of the molecule is Cc1nc(C2CCCCS2)no1. The molecule has 3 nitrogen and oxygen atoms in total. The van der Waals surface area contributed by atoms with Gasteiger partial charge in [-0.2, -0.15) is 16.7 Å². The van der Waals surface area contributed by atoms with Crippen molar-refractivity contribution < 1.29 is 4.52 Å². The summed E-state index contributed by atoms with van der Waals surface area (Å²) < 4.78 is 4.94. The van der Waals surface area contributed by atoms with Crippen molar-refractivity contribution in [3.05, 3.63) is 11.7 Å². The topological polar surface area (TPSA) is 38.9 Å². The molecule has 0 aromatic carbocycles. The van der Waals surface area contributed by atoms with E-state index in [-0.39, 0.29) is 0 Å². The summed E-state index contributed by atoms with van der Waals surface area (Å²) in [6.07, 6.45) is 3.83. The molecule has 1 aliphatic rings. The molecule has 1 unspecified atom stereocenters. The Hall–Kier alpha value is -0.510. The van der Waals surface area contributed by atoms with E-state index in [4.69, 9.17) is 4.52 Å². The molecule has 1 atom stereocenters. The van der Waals surface area contributed by atoms with E-state index in [1.807, 2.05) is 18.7 Å². The van der Waals surface area contributed by atoms with Crippen molar-refractivity contribution >= 4 is 11.8 Å². The Labute approximate surface area is 75.9 Å². The number of aryl methyl sites for hydroxylation is 1. The molecule has 0 amide bonds. The largest absolute Gasteiger partial charge is 0.340 e. The predicted molar refractivity (Wildman–Crippen MR) is 48.1 cm³/mol. The third-order valence-electron chi connectivity index (χ3n) is 2.01. The van der Waals surface area contributed by atoms with Crippen molar-refractivity contribution in [2.75, 3.05) is 5.75 Å². The van der Waals surface area contributed by atoms with Crippen molar-refractivity contribution in [2.24, 2.45) is 0 Å². The Kier molecular flexibility index (Phi) is 2.35. The van der Waals surface area contributed by atoms with Crippen LogP contribution in [0.5, 0.6) is 0 Å². The fraction of sp³-hybridized carbons (Fsp3) is 0.750. The third-order valence-corrected chi connectivity index (χ3v) is 3.38. The van der Waals surface area contributed by atoms with E-state index in [2.05, 4.69) is 10.1 Å². The van der Waals surface area contributed by atoms with Crippen LogP contribution in [0.15, 0.2) is 4.52 Å². The molecule has 0 saturated carbocycles. The molecule has 4 heteroatoms. The number of hydrogen-bond donors (Lipinski definition) is 0. The molecule has 66 valence electrons. The summed E-state index contributed by atoms with van der Waals surface area (Å²) in [5.74, 6) is 2.80. The van der Waals surface area contributed by atoms with Gasteiger partial charge in [-0.3, -0.25) is 0 Å². The zero-order chi connectivity index (χ0) is 8.39. The van der Waals surface area contributed by atoms with E-state index in [1.54, 1.807) is 0 Å². The monoisotopic (exact) mass is 184 g/mol. The van der Waals surface area contributed by atoms with Gasteiger partial charge in [0.05, 0.1) is 5.25 Å². The first-order valence-electron chi connectivity index (χ1n) is 4.28. The minimum atomic E-state index is 0.483. The minimum Gasteiger partial charge on any atom is -0.340 e. The van der Waals surface area contributed by atoms with Crippen LogP contribution in [0, 0.1) is 6.92 Å². The average molecular weight is 184 g/mol. The Bertz CT molecular complexity index is 255. The van der Waals surface area contributed by atoms with Crippen LogP contribution in [0.3, 0.4) is 0 Å². The number of hydrogen-bond acceptors (Lipinski definition) is 4. The van der Waals surface area contributed by atoms with E-state index < -0.39 is 0 Å². The van der Waals surface area contributed by atoms with Crippen LogP contribution >= 0.6 is 11.8 Å². The maximum absolute atomic E-state index is 4.94. The van der Waals surface area contributed by atoms with Crippen LogP contribution in [-0.4, -0.2) is 15.9 Å². The second-order valence-corrected chi connectivity index (χ2v) is 4.34. The van der Waals surface area contributed by atoms with Crippen molar-refractivity contribution in [2.45, 2.75) is 31.4 Å². The Morgan fingerprint density at radius 2 is 2.42 bits per heavy atom. The van der Waals surface area contributed by atoms with Crippen molar-refractivity contribution in [3.8, 4) is 0 Å². The van der Waals surface area contributed by atoms with Crippen molar-refractivity contribution in [1.82, 2.24) is 10.1 Å². The summed E-state index contributed by atoms with van der Waals surface area (Å²) in [7, 11) is 0. The molecule has 12 heavy (non-hydrogen) atoms. The molecule has 0 bridgehead atoms. The quantitative estimate of drug-likeness (QED) is 0.671. The van der Waals surface area contributed by atoms with Gasteiger partial charge in [-0.15, -0.1) is 0 Å². The second-order valence-electron chi connectivity index (χ2n) is 3.03. The van der Waals surface area contributed by atoms with E-state index in [0.29, 0.717) is 11.1 Å². The highest BCUT2D eigenvalue weighted by Crippen LogP contribution is 2.36. The molecular weight excluding hydrogens is 172 g/mol. The normalized spacial score (nSPS) is 24.2. The average Bonchev–Trinajstić information content (AvgIpc) is 2.54. The molecule has 1 saturated heterocycles. The highest BCUT2D eigenvalue weighted by molar-refractivity contribution is 7.99. The van der Waals surface area contributed by atoms with Gasteiger partial charge >= 0.3 is 0 Å². The lowest BCUT2D eigenvalue weighted by Crippen LogP contribution is -2.03. The molecule has 1 aliphatic heterocycles. The summed E-state index contributed by atoms with van der Waals surface area (Å²) >= 11 is 1.94. The zero-order valence-electron chi connectivity index (χ0n) is 7.12. The Morgan fingerprint density at radius 1 is 1.50 bits per heavy atom. The van der Waals surface area contributed by atoms with Crippen LogP contribution in [0.4, 0.5) is 0 Å². The maximum Gasteiger partial charge on any atom is 0.223 e. The Morgan fingerprint density at radius 3 is 3.00 bits per heavy atom. The highest BCUT2D eigenvalue weighted by Gasteiger charge is 2.20. The molecule has 1 fully saturated rings. The van der Waals surface area contributed by atoms with Gasteiger partial charge < -0.3 is 4.52 Å². The molecule has 2 heterocycles. The van der Waals surface area contributed by atoms with Crippen LogP contribution in [0.25, 0.3) is 0 Å². The molecule has 0 aliphatic carbocycles. The second kappa shape index (κ2) is 3.47. The first-order chi connectivity index (χ1) is 5.86. The highest BCUT2D eigenvalue weighted by atomic mass is 32.2. The smallest absolute Gasteiger partial charge is 0.223 e. The molecule has 0 spiro atoms. The number of aromatic nitrogens is 2. The third kappa shape index (κ3) is 1.63. The van der Waals surface area contributed by atoms with Gasteiger partial charge in [0.25, 0.3) is 0 Å². The van der Waals surface area contributed by atoms with Crippen LogP contribution < -0.4 is 0 Å². The predicted octanol–water partition coefficient (Wildman–Crippen LogP) is 2.34. The number of nitrogens with zero attached hydrogens (tertiary/aromatic N) is 2. The van der Waals surface area contributed by atoms with E-state index in [0.717, 1.165) is 5.82 Å². The van der Waals surface area contributed by atoms with Crippen molar-refractivity contribution in [3.63, 3.8) is 0 Å². The lowest BCUT2D eigenvalue weighted by molar-refractivity contribution is 0.386. The van der Waals surface area contributed by atoms with Gasteiger partial charge in [-0.05, 0) is 18.6 Å². The van der Waals surface area contributed by atoms with Gasteiger partial charge in [-0.1, -0.05) is 11.6 Å². The van der Waals surface area contributed by atoms with Gasteiger partial charge in [0.2, 0.25) is 5.89 Å². The van der Waals surface area contributed by atoms with Gasteiger partial charge in [0.15, 0.2) is 5.82 Å². The summed E-state index contributed by atoms with van der Waals surface area (Å²) in [6, 6.07) is 0.